The molecule has 1 rings (SSSR count). The van der Waals surface area contributed by atoms with Gasteiger partial charge in [-0.25, -0.2) is 8.42 Å². The maximum atomic E-state index is 11.3. The summed E-state index contributed by atoms with van der Waals surface area (Å²) in [4.78, 5) is 0. The van der Waals surface area contributed by atoms with Crippen LogP contribution in [0.1, 0.15) is 0 Å². The van der Waals surface area contributed by atoms with Gasteiger partial charge in [0.1, 0.15) is 5.75 Å². The van der Waals surface area contributed by atoms with Crippen molar-refractivity contribution in [3.05, 3.63) is 18.2 Å². The fourth-order valence-electron chi connectivity index (χ4n) is 1.08. The fraction of sp³-hybridized carbons (Fsp3) is 0.222. The maximum absolute atomic E-state index is 11.3. The van der Waals surface area contributed by atoms with Crippen molar-refractivity contribution in [1.82, 2.24) is 0 Å². The highest BCUT2D eigenvalue weighted by molar-refractivity contribution is 7.92. The van der Waals surface area contributed by atoms with Crippen molar-refractivity contribution < 1.29 is 13.2 Å². The molecule has 6 nitrogen and oxygen atoms in total. The van der Waals surface area contributed by atoms with Crippen molar-refractivity contribution in [2.75, 3.05) is 23.3 Å². The van der Waals surface area contributed by atoms with E-state index in [9.17, 15) is 8.42 Å². The average molecular weight is 241 g/mol. The summed E-state index contributed by atoms with van der Waals surface area (Å²) < 4.78 is 29.9. The minimum absolute atomic E-state index is 0.256. The van der Waals surface area contributed by atoms with Crippen LogP contribution in [0.15, 0.2) is 18.2 Å². The van der Waals surface area contributed by atoms with E-state index in [0.717, 1.165) is 0 Å². The van der Waals surface area contributed by atoms with E-state index >= 15 is 0 Å². The van der Waals surface area contributed by atoms with Crippen LogP contribution in [0.5, 0.6) is 5.75 Å². The number of sulfonamides is 1. The topological polar surface area (TPSA) is 105 Å². The first-order valence-electron chi connectivity index (χ1n) is 4.29. The highest BCUT2D eigenvalue weighted by Gasteiger charge is 2.12. The molecule has 0 amide bonds. The minimum atomic E-state index is -3.66. The Bertz CT molecular complexity index is 519. The molecule has 0 aliphatic heterocycles. The van der Waals surface area contributed by atoms with Crippen LogP contribution in [0.2, 0.25) is 0 Å². The third-order valence-electron chi connectivity index (χ3n) is 1.75. The van der Waals surface area contributed by atoms with E-state index in [1.165, 1.54) is 25.3 Å². The van der Waals surface area contributed by atoms with E-state index in [1.807, 2.05) is 0 Å². The average Bonchev–Trinajstić information content (AvgIpc) is 2.20. The normalized spacial score (nSPS) is 10.5. The quantitative estimate of drug-likeness (QED) is 0.748. The lowest BCUT2D eigenvalue weighted by molar-refractivity contribution is 0.417. The van der Waals surface area contributed by atoms with Gasteiger partial charge in [0.2, 0.25) is 10.0 Å². The smallest absolute Gasteiger partial charge is 0.246 e. The van der Waals surface area contributed by atoms with Crippen molar-refractivity contribution in [3.63, 3.8) is 0 Å². The number of ether oxygens (including phenoxy) is 1. The number of hydrogen-bond donors (Lipinski definition) is 2. The first kappa shape index (κ1) is 12.1. The molecule has 3 N–H and O–H groups in total. The third kappa shape index (κ3) is 3.03. The van der Waals surface area contributed by atoms with Gasteiger partial charge in [-0.1, -0.05) is 0 Å². The number of nitrogens with zero attached hydrogens (tertiary/aromatic N) is 1. The molecule has 0 saturated carbocycles. The van der Waals surface area contributed by atoms with Gasteiger partial charge in [-0.2, -0.15) is 5.26 Å². The minimum Gasteiger partial charge on any atom is -0.494 e. The summed E-state index contributed by atoms with van der Waals surface area (Å²) in [6.07, 6.45) is 0. The van der Waals surface area contributed by atoms with Crippen molar-refractivity contribution in [1.29, 1.82) is 5.26 Å². The molecular formula is C9H11N3O3S. The van der Waals surface area contributed by atoms with Gasteiger partial charge in [0.05, 0.1) is 18.9 Å². The molecule has 0 aliphatic carbocycles. The Hall–Kier alpha value is -1.94. The number of benzene rings is 1. The molecule has 0 unspecified atom stereocenters. The molecule has 16 heavy (non-hydrogen) atoms. The molecule has 0 aliphatic rings. The van der Waals surface area contributed by atoms with Crippen LogP contribution in [0, 0.1) is 11.3 Å². The lowest BCUT2D eigenvalue weighted by Crippen LogP contribution is -2.16. The SMILES string of the molecule is COc1cc(N)ccc1NS(=O)(=O)CC#N. The second-order valence-electron chi connectivity index (χ2n) is 2.98. The van der Waals surface area contributed by atoms with E-state index < -0.39 is 15.8 Å². The maximum Gasteiger partial charge on any atom is 0.246 e. The first-order valence-corrected chi connectivity index (χ1v) is 5.94. The van der Waals surface area contributed by atoms with Gasteiger partial charge in [-0.05, 0) is 12.1 Å². The number of anilines is 2. The van der Waals surface area contributed by atoms with Crippen LogP contribution in [-0.4, -0.2) is 21.3 Å². The summed E-state index contributed by atoms with van der Waals surface area (Å²) in [6, 6.07) is 6.06. The standard InChI is InChI=1S/C9H11N3O3S/c1-15-9-6-7(11)2-3-8(9)12-16(13,14)5-4-10/h2-3,6,12H,5,11H2,1H3. The molecule has 0 atom stereocenters. The monoisotopic (exact) mass is 241 g/mol. The summed E-state index contributed by atoms with van der Waals surface area (Å²) in [5, 5.41) is 8.33. The van der Waals surface area contributed by atoms with E-state index in [0.29, 0.717) is 11.4 Å². The number of rotatable bonds is 4. The van der Waals surface area contributed by atoms with Crippen LogP contribution in [-0.2, 0) is 10.0 Å². The van der Waals surface area contributed by atoms with Gasteiger partial charge in [-0.3, -0.25) is 4.72 Å². The van der Waals surface area contributed by atoms with E-state index in [2.05, 4.69) is 4.72 Å². The predicted molar refractivity (Wildman–Crippen MR) is 60.4 cm³/mol. The zero-order valence-electron chi connectivity index (χ0n) is 8.60. The third-order valence-corrected chi connectivity index (χ3v) is 2.79. The highest BCUT2D eigenvalue weighted by atomic mass is 32.2. The molecule has 1 aromatic carbocycles. The summed E-state index contributed by atoms with van der Waals surface area (Å²) in [5.74, 6) is -0.304. The fourth-order valence-corrected chi connectivity index (χ4v) is 1.83. The van der Waals surface area contributed by atoms with Gasteiger partial charge in [-0.15, -0.1) is 0 Å². The van der Waals surface area contributed by atoms with Crippen LogP contribution < -0.4 is 15.2 Å². The molecular weight excluding hydrogens is 230 g/mol. The lowest BCUT2D eigenvalue weighted by Gasteiger charge is -2.10. The summed E-state index contributed by atoms with van der Waals surface area (Å²) in [5.41, 5.74) is 6.23. The van der Waals surface area contributed by atoms with Crippen molar-refractivity contribution >= 4 is 21.4 Å². The summed E-state index contributed by atoms with van der Waals surface area (Å²) in [6.45, 7) is 0. The Balaban J connectivity index is 3.03. The van der Waals surface area contributed by atoms with Crippen molar-refractivity contribution in [2.45, 2.75) is 0 Å². The predicted octanol–water partition coefficient (Wildman–Crippen LogP) is 0.543. The lowest BCUT2D eigenvalue weighted by atomic mass is 10.2. The number of methoxy groups -OCH3 is 1. The summed E-state index contributed by atoms with van der Waals surface area (Å²) >= 11 is 0. The molecule has 0 radical (unpaired) electrons. The van der Waals surface area contributed by atoms with Gasteiger partial charge in [0, 0.05) is 11.8 Å². The molecule has 0 spiro atoms. The summed E-state index contributed by atoms with van der Waals surface area (Å²) in [7, 11) is -2.26. The van der Waals surface area contributed by atoms with E-state index in [4.69, 9.17) is 15.7 Å². The number of nitrogens with one attached hydrogen (secondary N) is 1. The van der Waals surface area contributed by atoms with Crippen LogP contribution in [0.3, 0.4) is 0 Å². The Morgan fingerprint density at radius 3 is 2.81 bits per heavy atom. The molecule has 7 heteroatoms. The Kier molecular flexibility index (Phi) is 3.58. The molecule has 0 bridgehead atoms. The molecule has 86 valence electrons. The first-order chi connectivity index (χ1) is 7.48. The molecule has 0 aromatic heterocycles. The molecule has 0 heterocycles. The van der Waals surface area contributed by atoms with Crippen LogP contribution >= 0.6 is 0 Å². The van der Waals surface area contributed by atoms with Gasteiger partial charge in [0.15, 0.2) is 5.75 Å². The van der Waals surface area contributed by atoms with Gasteiger partial charge >= 0.3 is 0 Å². The number of nitriles is 1. The second kappa shape index (κ2) is 4.72. The van der Waals surface area contributed by atoms with Gasteiger partial charge in [0.25, 0.3) is 0 Å². The zero-order chi connectivity index (χ0) is 12.2. The largest absolute Gasteiger partial charge is 0.494 e. The Morgan fingerprint density at radius 2 is 2.25 bits per heavy atom. The number of hydrogen-bond acceptors (Lipinski definition) is 5. The zero-order valence-corrected chi connectivity index (χ0v) is 9.41. The Morgan fingerprint density at radius 1 is 1.56 bits per heavy atom. The molecule has 0 fully saturated rings. The highest BCUT2D eigenvalue weighted by Crippen LogP contribution is 2.27. The molecule has 1 aromatic rings. The van der Waals surface area contributed by atoms with Gasteiger partial charge < -0.3 is 10.5 Å². The number of nitrogens with two attached hydrogens (primary N) is 1. The molecule has 0 saturated heterocycles. The van der Waals surface area contributed by atoms with E-state index in [-0.39, 0.29) is 5.69 Å². The van der Waals surface area contributed by atoms with Crippen LogP contribution in [0.25, 0.3) is 0 Å². The Labute approximate surface area is 93.7 Å². The number of nitrogen functional groups attached to an aromatic ring is 1. The van der Waals surface area contributed by atoms with Crippen molar-refractivity contribution in [2.24, 2.45) is 0 Å². The van der Waals surface area contributed by atoms with Crippen molar-refractivity contribution in [3.8, 4) is 11.8 Å². The van der Waals surface area contributed by atoms with Crippen LogP contribution in [0.4, 0.5) is 11.4 Å². The second-order valence-corrected chi connectivity index (χ2v) is 4.70. The van der Waals surface area contributed by atoms with E-state index in [1.54, 1.807) is 6.07 Å².